The molecule has 0 aliphatic carbocycles. The SMILES string of the molecule is O=C(CSCCO)N1CCCCCC1. The van der Waals surface area contributed by atoms with E-state index in [9.17, 15) is 4.79 Å². The standard InChI is InChI=1S/C10H19NO2S/c12-7-8-14-9-10(13)11-5-3-1-2-4-6-11/h12H,1-9H2. The lowest BCUT2D eigenvalue weighted by molar-refractivity contribution is -0.128. The van der Waals surface area contributed by atoms with E-state index in [4.69, 9.17) is 5.11 Å². The number of aliphatic hydroxyl groups excluding tert-OH is 1. The fourth-order valence-electron chi connectivity index (χ4n) is 1.64. The first kappa shape index (κ1) is 11.9. The highest BCUT2D eigenvalue weighted by atomic mass is 32.2. The van der Waals surface area contributed by atoms with Crippen molar-refractivity contribution in [2.75, 3.05) is 31.2 Å². The molecule has 1 amide bonds. The molecule has 1 N–H and O–H groups in total. The fourth-order valence-corrected chi connectivity index (χ4v) is 2.27. The number of carbonyl (C=O) groups is 1. The van der Waals surface area contributed by atoms with Gasteiger partial charge in [0.15, 0.2) is 0 Å². The van der Waals surface area contributed by atoms with Crippen molar-refractivity contribution in [3.8, 4) is 0 Å². The Hall–Kier alpha value is -0.220. The van der Waals surface area contributed by atoms with Crippen LogP contribution in [0.1, 0.15) is 25.7 Å². The summed E-state index contributed by atoms with van der Waals surface area (Å²) in [5, 5.41) is 8.59. The largest absolute Gasteiger partial charge is 0.396 e. The number of aliphatic hydroxyl groups is 1. The predicted octanol–water partition coefficient (Wildman–Crippen LogP) is 1.11. The fraction of sp³-hybridized carbons (Fsp3) is 0.900. The average molecular weight is 217 g/mol. The molecule has 0 aromatic heterocycles. The second-order valence-corrected chi connectivity index (χ2v) is 4.68. The van der Waals surface area contributed by atoms with Gasteiger partial charge in [-0.25, -0.2) is 0 Å². The zero-order valence-corrected chi connectivity index (χ0v) is 9.39. The Kier molecular flexibility index (Phi) is 6.03. The second kappa shape index (κ2) is 7.12. The van der Waals surface area contributed by atoms with E-state index in [-0.39, 0.29) is 12.5 Å². The van der Waals surface area contributed by atoms with Crippen molar-refractivity contribution in [2.24, 2.45) is 0 Å². The highest BCUT2D eigenvalue weighted by Gasteiger charge is 2.14. The van der Waals surface area contributed by atoms with Crippen LogP contribution in [-0.2, 0) is 4.79 Å². The summed E-state index contributed by atoms with van der Waals surface area (Å²) in [5.41, 5.74) is 0. The highest BCUT2D eigenvalue weighted by molar-refractivity contribution is 7.99. The lowest BCUT2D eigenvalue weighted by Crippen LogP contribution is -2.33. The van der Waals surface area contributed by atoms with Crippen LogP contribution < -0.4 is 0 Å². The molecule has 0 bridgehead atoms. The molecule has 0 saturated carbocycles. The molecule has 14 heavy (non-hydrogen) atoms. The van der Waals surface area contributed by atoms with Crippen LogP contribution in [0.5, 0.6) is 0 Å². The predicted molar refractivity (Wildman–Crippen MR) is 59.5 cm³/mol. The zero-order chi connectivity index (χ0) is 10.2. The van der Waals surface area contributed by atoms with Crippen LogP contribution in [0.3, 0.4) is 0 Å². The van der Waals surface area contributed by atoms with Gasteiger partial charge in [0.2, 0.25) is 5.91 Å². The smallest absolute Gasteiger partial charge is 0.232 e. The second-order valence-electron chi connectivity index (χ2n) is 3.57. The third-order valence-corrected chi connectivity index (χ3v) is 3.34. The molecule has 0 atom stereocenters. The highest BCUT2D eigenvalue weighted by Crippen LogP contribution is 2.11. The summed E-state index contributed by atoms with van der Waals surface area (Å²) >= 11 is 1.52. The number of nitrogens with zero attached hydrogens (tertiary/aromatic N) is 1. The molecule has 3 nitrogen and oxygen atoms in total. The number of carbonyl (C=O) groups excluding carboxylic acids is 1. The van der Waals surface area contributed by atoms with E-state index in [1.807, 2.05) is 4.90 Å². The van der Waals surface area contributed by atoms with Crippen LogP contribution in [0, 0.1) is 0 Å². The average Bonchev–Trinajstić information content (AvgIpc) is 2.46. The Labute approximate surface area is 89.9 Å². The van der Waals surface area contributed by atoms with Crippen LogP contribution in [0.15, 0.2) is 0 Å². The number of likely N-dealkylation sites (tertiary alicyclic amines) is 1. The molecule has 1 aliphatic rings. The summed E-state index contributed by atoms with van der Waals surface area (Å²) in [5.74, 6) is 1.44. The van der Waals surface area contributed by atoms with Crippen LogP contribution >= 0.6 is 11.8 Å². The van der Waals surface area contributed by atoms with Crippen LogP contribution in [-0.4, -0.2) is 47.1 Å². The minimum atomic E-state index is 0.165. The van der Waals surface area contributed by atoms with Crippen molar-refractivity contribution in [1.82, 2.24) is 4.90 Å². The number of hydrogen-bond acceptors (Lipinski definition) is 3. The third-order valence-electron chi connectivity index (χ3n) is 2.42. The Morgan fingerprint density at radius 3 is 2.43 bits per heavy atom. The normalized spacial score (nSPS) is 17.9. The molecule has 4 heteroatoms. The summed E-state index contributed by atoms with van der Waals surface area (Å²) < 4.78 is 0. The molecule has 82 valence electrons. The summed E-state index contributed by atoms with van der Waals surface area (Å²) in [6.45, 7) is 2.02. The molecule has 0 unspecified atom stereocenters. The maximum atomic E-state index is 11.6. The minimum Gasteiger partial charge on any atom is -0.396 e. The maximum absolute atomic E-state index is 11.6. The van der Waals surface area contributed by atoms with Crippen molar-refractivity contribution in [1.29, 1.82) is 0 Å². The molecule has 0 radical (unpaired) electrons. The number of rotatable bonds is 4. The van der Waals surface area contributed by atoms with Gasteiger partial charge in [0.05, 0.1) is 12.4 Å². The minimum absolute atomic E-state index is 0.165. The van der Waals surface area contributed by atoms with Gasteiger partial charge in [-0.05, 0) is 12.8 Å². The van der Waals surface area contributed by atoms with Crippen molar-refractivity contribution < 1.29 is 9.90 Å². The first-order chi connectivity index (χ1) is 6.84. The van der Waals surface area contributed by atoms with E-state index >= 15 is 0 Å². The van der Waals surface area contributed by atoms with Gasteiger partial charge in [-0.1, -0.05) is 12.8 Å². The lowest BCUT2D eigenvalue weighted by atomic mass is 10.2. The van der Waals surface area contributed by atoms with Gasteiger partial charge < -0.3 is 10.0 Å². The third kappa shape index (κ3) is 4.33. The van der Waals surface area contributed by atoms with Gasteiger partial charge in [-0.15, -0.1) is 11.8 Å². The maximum Gasteiger partial charge on any atom is 0.232 e. The van der Waals surface area contributed by atoms with Gasteiger partial charge in [0.1, 0.15) is 0 Å². The molecule has 0 spiro atoms. The monoisotopic (exact) mass is 217 g/mol. The first-order valence-corrected chi connectivity index (χ1v) is 6.46. The van der Waals surface area contributed by atoms with Crippen molar-refractivity contribution in [2.45, 2.75) is 25.7 Å². The topological polar surface area (TPSA) is 40.5 Å². The molecule has 0 aromatic rings. The van der Waals surface area contributed by atoms with E-state index in [0.29, 0.717) is 11.5 Å². The van der Waals surface area contributed by atoms with E-state index in [1.165, 1.54) is 24.6 Å². The Bertz CT molecular complexity index is 168. The van der Waals surface area contributed by atoms with Crippen molar-refractivity contribution in [3.63, 3.8) is 0 Å². The zero-order valence-electron chi connectivity index (χ0n) is 8.57. The molecule has 0 aromatic carbocycles. The summed E-state index contributed by atoms with van der Waals surface area (Å²) in [6, 6.07) is 0. The van der Waals surface area contributed by atoms with Crippen LogP contribution in [0.4, 0.5) is 0 Å². The molecule has 1 saturated heterocycles. The molecule has 1 fully saturated rings. The van der Waals surface area contributed by atoms with Crippen molar-refractivity contribution in [3.05, 3.63) is 0 Å². The quantitative estimate of drug-likeness (QED) is 0.717. The van der Waals surface area contributed by atoms with E-state index < -0.39 is 0 Å². The molecular formula is C10H19NO2S. The summed E-state index contributed by atoms with van der Waals surface area (Å²) in [6.07, 6.45) is 4.81. The van der Waals surface area contributed by atoms with Gasteiger partial charge in [-0.2, -0.15) is 0 Å². The van der Waals surface area contributed by atoms with Crippen molar-refractivity contribution >= 4 is 17.7 Å². The molecule has 1 aliphatic heterocycles. The number of amides is 1. The molecule has 1 rings (SSSR count). The van der Waals surface area contributed by atoms with Crippen LogP contribution in [0.25, 0.3) is 0 Å². The van der Waals surface area contributed by atoms with E-state index in [2.05, 4.69) is 0 Å². The number of thioether (sulfide) groups is 1. The van der Waals surface area contributed by atoms with Gasteiger partial charge in [0, 0.05) is 18.8 Å². The van der Waals surface area contributed by atoms with E-state index in [0.717, 1.165) is 25.9 Å². The van der Waals surface area contributed by atoms with Gasteiger partial charge in [-0.3, -0.25) is 4.79 Å². The molecule has 1 heterocycles. The van der Waals surface area contributed by atoms with E-state index in [1.54, 1.807) is 0 Å². The molecular weight excluding hydrogens is 198 g/mol. The summed E-state index contributed by atoms with van der Waals surface area (Å²) in [7, 11) is 0. The number of hydrogen-bond donors (Lipinski definition) is 1. The Morgan fingerprint density at radius 2 is 1.86 bits per heavy atom. The first-order valence-electron chi connectivity index (χ1n) is 5.31. The Morgan fingerprint density at radius 1 is 1.21 bits per heavy atom. The summed E-state index contributed by atoms with van der Waals surface area (Å²) in [4.78, 5) is 13.6. The lowest BCUT2D eigenvalue weighted by Gasteiger charge is -2.19. The van der Waals surface area contributed by atoms with Gasteiger partial charge in [0.25, 0.3) is 0 Å². The van der Waals surface area contributed by atoms with Gasteiger partial charge >= 0.3 is 0 Å². The van der Waals surface area contributed by atoms with Crippen LogP contribution in [0.2, 0.25) is 0 Å². The Balaban J connectivity index is 2.20.